The maximum atomic E-state index is 12.7. The summed E-state index contributed by atoms with van der Waals surface area (Å²) in [5, 5.41) is 22.7. The molecule has 0 spiro atoms. The molecule has 3 rings (SSSR count). The summed E-state index contributed by atoms with van der Waals surface area (Å²) in [5.74, 6) is 0.00332. The van der Waals surface area contributed by atoms with E-state index in [2.05, 4.69) is 31.0 Å². The minimum absolute atomic E-state index is 0.00203. The SMILES string of the molecule is C=C1C(C)(C)[C@H]2CC[C@@]1(C(=O)N/N=C/c1ccc(O)c(O)c1)C2. The number of phenols is 2. The van der Waals surface area contributed by atoms with Crippen LogP contribution in [0.4, 0.5) is 0 Å². The summed E-state index contributed by atoms with van der Waals surface area (Å²) in [5.41, 5.74) is 3.73. The molecule has 2 fully saturated rings. The van der Waals surface area contributed by atoms with E-state index in [1.54, 1.807) is 6.07 Å². The van der Waals surface area contributed by atoms with Crippen molar-refractivity contribution >= 4 is 12.1 Å². The number of hydrazone groups is 1. The van der Waals surface area contributed by atoms with Gasteiger partial charge in [0.1, 0.15) is 0 Å². The van der Waals surface area contributed by atoms with Gasteiger partial charge in [0, 0.05) is 0 Å². The topological polar surface area (TPSA) is 81.9 Å². The molecule has 2 aliphatic carbocycles. The Morgan fingerprint density at radius 3 is 2.74 bits per heavy atom. The van der Waals surface area contributed by atoms with E-state index in [4.69, 9.17) is 0 Å². The zero-order valence-electron chi connectivity index (χ0n) is 13.5. The maximum absolute atomic E-state index is 12.7. The lowest BCUT2D eigenvalue weighted by molar-refractivity contribution is -0.128. The average Bonchev–Trinajstić information content (AvgIpc) is 3.03. The first-order valence-corrected chi connectivity index (χ1v) is 7.83. The molecular weight excluding hydrogens is 292 g/mol. The van der Waals surface area contributed by atoms with Crippen molar-refractivity contribution in [3.63, 3.8) is 0 Å². The highest BCUT2D eigenvalue weighted by Gasteiger charge is 2.60. The second-order valence-electron chi connectivity index (χ2n) is 7.17. The number of carbonyl (C=O) groups is 1. The highest BCUT2D eigenvalue weighted by atomic mass is 16.3. The third-order valence-electron chi connectivity index (χ3n) is 5.70. The van der Waals surface area contributed by atoms with E-state index < -0.39 is 5.41 Å². The van der Waals surface area contributed by atoms with Gasteiger partial charge in [-0.05, 0) is 54.4 Å². The standard InChI is InChI=1S/C18H22N2O3/c1-11-17(2,3)13-6-7-18(11,9-13)16(23)20-19-10-12-4-5-14(21)15(22)8-12/h4-5,8,10,13,21-22H,1,6-7,9H2,2-3H3,(H,20,23)/b19-10+/t13-,18+/m0/s1. The normalized spacial score (nSPS) is 28.4. The van der Waals surface area contributed by atoms with Crippen molar-refractivity contribution in [1.29, 1.82) is 0 Å². The Hall–Kier alpha value is -2.30. The summed E-state index contributed by atoms with van der Waals surface area (Å²) >= 11 is 0. The molecule has 1 aromatic rings. The Labute approximate surface area is 135 Å². The third kappa shape index (κ3) is 2.31. The summed E-state index contributed by atoms with van der Waals surface area (Å²) in [7, 11) is 0. The molecule has 5 nitrogen and oxygen atoms in total. The quantitative estimate of drug-likeness (QED) is 0.347. The molecule has 0 unspecified atom stereocenters. The number of phenolic OH excluding ortho intramolecular Hbond substituents is 2. The molecule has 2 bridgehead atoms. The van der Waals surface area contributed by atoms with Crippen LogP contribution in [0.5, 0.6) is 11.5 Å². The first-order chi connectivity index (χ1) is 10.8. The van der Waals surface area contributed by atoms with Crippen molar-refractivity contribution in [2.24, 2.45) is 21.8 Å². The number of amides is 1. The Morgan fingerprint density at radius 2 is 2.13 bits per heavy atom. The molecule has 0 aromatic heterocycles. The first kappa shape index (κ1) is 15.6. The van der Waals surface area contributed by atoms with E-state index in [0.29, 0.717) is 11.5 Å². The third-order valence-corrected chi connectivity index (χ3v) is 5.70. The van der Waals surface area contributed by atoms with Gasteiger partial charge in [-0.3, -0.25) is 4.79 Å². The smallest absolute Gasteiger partial charge is 0.250 e. The molecule has 2 atom stereocenters. The molecule has 1 amide bonds. The number of benzene rings is 1. The second kappa shape index (κ2) is 5.11. The second-order valence-corrected chi connectivity index (χ2v) is 7.17. The Bertz CT molecular complexity index is 708. The molecule has 0 saturated heterocycles. The van der Waals surface area contributed by atoms with Gasteiger partial charge in [0.25, 0.3) is 0 Å². The fourth-order valence-electron chi connectivity index (χ4n) is 4.04. The molecule has 0 heterocycles. The monoisotopic (exact) mass is 314 g/mol. The summed E-state index contributed by atoms with van der Waals surface area (Å²) < 4.78 is 0. The molecule has 0 radical (unpaired) electrons. The van der Waals surface area contributed by atoms with E-state index in [9.17, 15) is 15.0 Å². The number of fused-ring (bicyclic) bond motifs is 2. The van der Waals surface area contributed by atoms with Crippen LogP contribution in [0.2, 0.25) is 0 Å². The summed E-state index contributed by atoms with van der Waals surface area (Å²) in [6, 6.07) is 4.36. The van der Waals surface area contributed by atoms with E-state index in [1.807, 2.05) is 0 Å². The van der Waals surface area contributed by atoms with Crippen molar-refractivity contribution < 1.29 is 15.0 Å². The van der Waals surface area contributed by atoms with Crippen LogP contribution in [0.15, 0.2) is 35.5 Å². The number of carbonyl (C=O) groups excluding carboxylic acids is 1. The van der Waals surface area contributed by atoms with Crippen LogP contribution in [-0.4, -0.2) is 22.3 Å². The van der Waals surface area contributed by atoms with Crippen LogP contribution in [0.1, 0.15) is 38.7 Å². The molecular formula is C18H22N2O3. The van der Waals surface area contributed by atoms with Crippen LogP contribution in [0.25, 0.3) is 0 Å². The Kier molecular flexibility index (Phi) is 3.47. The van der Waals surface area contributed by atoms with Gasteiger partial charge < -0.3 is 10.2 Å². The minimum atomic E-state index is -0.497. The summed E-state index contributed by atoms with van der Waals surface area (Å²) in [6.07, 6.45) is 4.18. The van der Waals surface area contributed by atoms with Gasteiger partial charge in [0.05, 0.1) is 11.6 Å². The number of hydrogen-bond donors (Lipinski definition) is 3. The number of nitrogens with zero attached hydrogens (tertiary/aromatic N) is 1. The van der Waals surface area contributed by atoms with Crippen molar-refractivity contribution in [3.8, 4) is 11.5 Å². The number of rotatable bonds is 3. The predicted octanol–water partition coefficient (Wildman–Crippen LogP) is 2.93. The fraction of sp³-hybridized carbons (Fsp3) is 0.444. The summed E-state index contributed by atoms with van der Waals surface area (Å²) in [4.78, 5) is 12.7. The summed E-state index contributed by atoms with van der Waals surface area (Å²) in [6.45, 7) is 8.52. The lowest BCUT2D eigenvalue weighted by Gasteiger charge is -2.36. The van der Waals surface area contributed by atoms with Gasteiger partial charge in [-0.25, -0.2) is 5.43 Å². The van der Waals surface area contributed by atoms with E-state index in [0.717, 1.165) is 24.8 Å². The number of nitrogens with one attached hydrogen (secondary N) is 1. The van der Waals surface area contributed by atoms with Gasteiger partial charge in [-0.15, -0.1) is 0 Å². The Balaban J connectivity index is 1.71. The first-order valence-electron chi connectivity index (χ1n) is 7.83. The van der Waals surface area contributed by atoms with Gasteiger partial charge >= 0.3 is 0 Å². The molecule has 1 aromatic carbocycles. The molecule has 2 aliphatic rings. The molecule has 5 heteroatoms. The Morgan fingerprint density at radius 1 is 1.39 bits per heavy atom. The van der Waals surface area contributed by atoms with Crippen molar-refractivity contribution in [3.05, 3.63) is 35.9 Å². The van der Waals surface area contributed by atoms with E-state index in [1.165, 1.54) is 18.3 Å². The number of aromatic hydroxyl groups is 2. The van der Waals surface area contributed by atoms with Crippen molar-refractivity contribution in [2.75, 3.05) is 0 Å². The predicted molar refractivity (Wildman–Crippen MR) is 88.2 cm³/mol. The van der Waals surface area contributed by atoms with E-state index >= 15 is 0 Å². The largest absolute Gasteiger partial charge is 0.504 e. The van der Waals surface area contributed by atoms with Crippen LogP contribution in [0.3, 0.4) is 0 Å². The van der Waals surface area contributed by atoms with Crippen LogP contribution in [-0.2, 0) is 4.79 Å². The minimum Gasteiger partial charge on any atom is -0.504 e. The zero-order valence-corrected chi connectivity index (χ0v) is 13.5. The van der Waals surface area contributed by atoms with Crippen molar-refractivity contribution in [2.45, 2.75) is 33.1 Å². The van der Waals surface area contributed by atoms with Crippen molar-refractivity contribution in [1.82, 2.24) is 5.43 Å². The molecule has 23 heavy (non-hydrogen) atoms. The van der Waals surface area contributed by atoms with Crippen LogP contribution in [0, 0.1) is 16.7 Å². The lowest BCUT2D eigenvalue weighted by atomic mass is 9.68. The number of hydrogen-bond acceptors (Lipinski definition) is 4. The van der Waals surface area contributed by atoms with E-state index in [-0.39, 0.29) is 22.8 Å². The molecule has 0 aliphatic heterocycles. The average molecular weight is 314 g/mol. The molecule has 122 valence electrons. The highest BCUT2D eigenvalue weighted by molar-refractivity contribution is 5.89. The van der Waals surface area contributed by atoms with Crippen LogP contribution >= 0.6 is 0 Å². The highest BCUT2D eigenvalue weighted by Crippen LogP contribution is 2.65. The zero-order chi connectivity index (χ0) is 16.8. The fourth-order valence-corrected chi connectivity index (χ4v) is 4.04. The lowest BCUT2D eigenvalue weighted by Crippen LogP contribution is -2.39. The van der Waals surface area contributed by atoms with Gasteiger partial charge in [0.15, 0.2) is 11.5 Å². The molecule has 2 saturated carbocycles. The van der Waals surface area contributed by atoms with Gasteiger partial charge in [-0.1, -0.05) is 26.0 Å². The van der Waals surface area contributed by atoms with Gasteiger partial charge in [0.2, 0.25) is 5.91 Å². The maximum Gasteiger partial charge on any atom is 0.250 e. The van der Waals surface area contributed by atoms with Crippen LogP contribution < -0.4 is 5.43 Å². The molecule has 3 N–H and O–H groups in total. The van der Waals surface area contributed by atoms with Gasteiger partial charge in [-0.2, -0.15) is 5.10 Å².